The molecule has 2 N–H and O–H groups in total. The molecular formula is C26H23BrN4O4S. The van der Waals surface area contributed by atoms with Crippen molar-refractivity contribution in [3.63, 3.8) is 0 Å². The molecule has 36 heavy (non-hydrogen) atoms. The molecule has 1 saturated heterocycles. The third-order valence-electron chi connectivity index (χ3n) is 5.54. The Bertz CT molecular complexity index is 1290. The summed E-state index contributed by atoms with van der Waals surface area (Å²) in [4.78, 5) is 40.7. The smallest absolute Gasteiger partial charge is 0.269 e. The van der Waals surface area contributed by atoms with Crippen molar-refractivity contribution < 1.29 is 19.1 Å². The molecule has 3 amide bonds. The Labute approximate surface area is 222 Å². The molecule has 0 spiro atoms. The van der Waals surface area contributed by atoms with Crippen molar-refractivity contribution in [2.75, 3.05) is 12.4 Å². The summed E-state index contributed by atoms with van der Waals surface area (Å²) in [6, 6.07) is 22.0. The Morgan fingerprint density at radius 1 is 1.03 bits per heavy atom. The van der Waals surface area contributed by atoms with Gasteiger partial charge in [0.05, 0.1) is 20.1 Å². The molecule has 0 bridgehead atoms. The molecule has 184 valence electrons. The molecule has 1 aliphatic rings. The van der Waals surface area contributed by atoms with Crippen LogP contribution in [0.1, 0.15) is 22.3 Å². The maximum Gasteiger partial charge on any atom is 0.269 e. The third kappa shape index (κ3) is 5.89. The van der Waals surface area contributed by atoms with Gasteiger partial charge in [-0.3, -0.25) is 24.7 Å². The number of methoxy groups -OCH3 is 1. The number of ether oxygens (including phenoxy) is 1. The van der Waals surface area contributed by atoms with Gasteiger partial charge >= 0.3 is 0 Å². The SMILES string of the molecule is COc1cccc(NC(=O)CC2C(=O)N(Cc3ccccc3)C(=S)N2NC(=O)c2ccc(Br)cc2)c1. The summed E-state index contributed by atoms with van der Waals surface area (Å²) in [5.41, 5.74) is 4.50. The standard InChI is InChI=1S/C26H23BrN4O4S/c1-35-21-9-5-8-20(14-21)28-23(32)15-22-25(34)30(16-17-6-3-2-4-7-17)26(36)31(22)29-24(33)18-10-12-19(27)13-11-18/h2-14,22H,15-16H2,1H3,(H,28,32)(H,29,33). The fourth-order valence-electron chi connectivity index (χ4n) is 3.73. The number of thiocarbonyl (C=S) groups is 1. The Morgan fingerprint density at radius 3 is 2.44 bits per heavy atom. The van der Waals surface area contributed by atoms with Gasteiger partial charge in [0.15, 0.2) is 5.11 Å². The third-order valence-corrected chi connectivity index (χ3v) is 6.49. The Morgan fingerprint density at radius 2 is 1.75 bits per heavy atom. The van der Waals surface area contributed by atoms with Crippen LogP contribution in [0.3, 0.4) is 0 Å². The van der Waals surface area contributed by atoms with Crippen LogP contribution < -0.4 is 15.5 Å². The highest BCUT2D eigenvalue weighted by Gasteiger charge is 2.44. The highest BCUT2D eigenvalue weighted by Crippen LogP contribution is 2.23. The fourth-order valence-corrected chi connectivity index (χ4v) is 4.32. The topological polar surface area (TPSA) is 91.0 Å². The van der Waals surface area contributed by atoms with E-state index in [-0.39, 0.29) is 24.0 Å². The van der Waals surface area contributed by atoms with E-state index in [1.54, 1.807) is 48.5 Å². The van der Waals surface area contributed by atoms with E-state index >= 15 is 0 Å². The minimum Gasteiger partial charge on any atom is -0.497 e. The second-order valence-electron chi connectivity index (χ2n) is 8.01. The number of halogens is 1. The van der Waals surface area contributed by atoms with Crippen LogP contribution in [0, 0.1) is 0 Å². The first-order chi connectivity index (χ1) is 17.4. The highest BCUT2D eigenvalue weighted by molar-refractivity contribution is 9.10. The van der Waals surface area contributed by atoms with Crippen molar-refractivity contribution in [3.8, 4) is 5.75 Å². The number of amides is 3. The molecular weight excluding hydrogens is 544 g/mol. The predicted octanol–water partition coefficient (Wildman–Crippen LogP) is 4.13. The first-order valence-corrected chi connectivity index (χ1v) is 12.2. The molecule has 1 unspecified atom stereocenters. The molecule has 8 nitrogen and oxygen atoms in total. The number of carbonyl (C=O) groups is 3. The summed E-state index contributed by atoms with van der Waals surface area (Å²) in [5.74, 6) is -0.643. The van der Waals surface area contributed by atoms with Gasteiger partial charge < -0.3 is 10.1 Å². The number of anilines is 1. The van der Waals surface area contributed by atoms with Gasteiger partial charge in [-0.1, -0.05) is 52.3 Å². The Kier molecular flexibility index (Phi) is 7.97. The normalized spacial score (nSPS) is 15.1. The monoisotopic (exact) mass is 566 g/mol. The largest absolute Gasteiger partial charge is 0.497 e. The van der Waals surface area contributed by atoms with Gasteiger partial charge in [0, 0.05) is 21.8 Å². The Balaban J connectivity index is 1.55. The average molecular weight is 567 g/mol. The van der Waals surface area contributed by atoms with Crippen LogP contribution in [-0.2, 0) is 16.1 Å². The van der Waals surface area contributed by atoms with Gasteiger partial charge in [-0.05, 0) is 54.2 Å². The van der Waals surface area contributed by atoms with Gasteiger partial charge in [-0.2, -0.15) is 0 Å². The van der Waals surface area contributed by atoms with Crippen molar-refractivity contribution >= 4 is 56.7 Å². The molecule has 1 fully saturated rings. The zero-order valence-corrected chi connectivity index (χ0v) is 21.7. The van der Waals surface area contributed by atoms with Gasteiger partial charge in [0.2, 0.25) is 5.91 Å². The van der Waals surface area contributed by atoms with E-state index in [4.69, 9.17) is 17.0 Å². The second-order valence-corrected chi connectivity index (χ2v) is 9.29. The quantitative estimate of drug-likeness (QED) is 0.398. The van der Waals surface area contributed by atoms with Crippen LogP contribution >= 0.6 is 28.1 Å². The van der Waals surface area contributed by atoms with Crippen molar-refractivity contribution in [2.45, 2.75) is 19.0 Å². The maximum atomic E-state index is 13.4. The first kappa shape index (κ1) is 25.3. The molecule has 3 aromatic rings. The minimum absolute atomic E-state index is 0.119. The molecule has 1 heterocycles. The van der Waals surface area contributed by atoms with Crippen LogP contribution in [0.15, 0.2) is 83.3 Å². The zero-order valence-electron chi connectivity index (χ0n) is 19.3. The summed E-state index contributed by atoms with van der Waals surface area (Å²) in [6.45, 7) is 0.219. The van der Waals surface area contributed by atoms with Crippen LogP contribution in [-0.4, -0.2) is 45.9 Å². The zero-order chi connectivity index (χ0) is 25.7. The number of benzene rings is 3. The molecule has 0 radical (unpaired) electrons. The molecule has 0 saturated carbocycles. The molecule has 10 heteroatoms. The number of carbonyl (C=O) groups excluding carboxylic acids is 3. The number of nitrogens with one attached hydrogen (secondary N) is 2. The number of hydrazine groups is 1. The van der Waals surface area contributed by atoms with Crippen molar-refractivity contribution in [2.24, 2.45) is 0 Å². The molecule has 1 aliphatic heterocycles. The highest BCUT2D eigenvalue weighted by atomic mass is 79.9. The van der Waals surface area contributed by atoms with Gasteiger partial charge in [-0.25, -0.2) is 5.01 Å². The number of hydrogen-bond donors (Lipinski definition) is 2. The number of rotatable bonds is 8. The summed E-state index contributed by atoms with van der Waals surface area (Å²) in [6.07, 6.45) is -0.220. The predicted molar refractivity (Wildman–Crippen MR) is 143 cm³/mol. The van der Waals surface area contributed by atoms with E-state index in [1.165, 1.54) is 17.0 Å². The van der Waals surface area contributed by atoms with Crippen LogP contribution in [0.4, 0.5) is 5.69 Å². The summed E-state index contributed by atoms with van der Waals surface area (Å²) in [7, 11) is 1.53. The molecule has 0 aromatic heterocycles. The van der Waals surface area contributed by atoms with Crippen LogP contribution in [0.25, 0.3) is 0 Å². The summed E-state index contributed by atoms with van der Waals surface area (Å²) < 4.78 is 6.02. The second kappa shape index (κ2) is 11.3. The molecule has 1 atom stereocenters. The average Bonchev–Trinajstić information content (AvgIpc) is 3.09. The lowest BCUT2D eigenvalue weighted by Crippen LogP contribution is -2.49. The van der Waals surface area contributed by atoms with Crippen molar-refractivity contribution in [1.82, 2.24) is 15.3 Å². The number of hydrogen-bond acceptors (Lipinski definition) is 5. The molecule has 3 aromatic carbocycles. The lowest BCUT2D eigenvalue weighted by atomic mass is 10.1. The van der Waals surface area contributed by atoms with Crippen molar-refractivity contribution in [3.05, 3.63) is 94.5 Å². The molecule has 0 aliphatic carbocycles. The number of nitrogens with zero attached hydrogens (tertiary/aromatic N) is 2. The maximum absolute atomic E-state index is 13.4. The fraction of sp³-hybridized carbons (Fsp3) is 0.154. The Hall–Kier alpha value is -3.76. The van der Waals surface area contributed by atoms with E-state index in [1.807, 2.05) is 30.3 Å². The van der Waals surface area contributed by atoms with Crippen LogP contribution in [0.5, 0.6) is 5.75 Å². The van der Waals surface area contributed by atoms with E-state index in [9.17, 15) is 14.4 Å². The van der Waals surface area contributed by atoms with Gasteiger partial charge in [0.25, 0.3) is 11.8 Å². The minimum atomic E-state index is -1.01. The lowest BCUT2D eigenvalue weighted by Gasteiger charge is -2.24. The van der Waals surface area contributed by atoms with Crippen molar-refractivity contribution in [1.29, 1.82) is 0 Å². The lowest BCUT2D eigenvalue weighted by molar-refractivity contribution is -0.131. The summed E-state index contributed by atoms with van der Waals surface area (Å²) in [5, 5.41) is 4.20. The first-order valence-electron chi connectivity index (χ1n) is 11.0. The van der Waals surface area contributed by atoms with Gasteiger partial charge in [-0.15, -0.1) is 0 Å². The van der Waals surface area contributed by atoms with Crippen LogP contribution in [0.2, 0.25) is 0 Å². The molecule has 4 rings (SSSR count). The van der Waals surface area contributed by atoms with Gasteiger partial charge in [0.1, 0.15) is 11.8 Å². The summed E-state index contributed by atoms with van der Waals surface area (Å²) >= 11 is 8.93. The van der Waals surface area contributed by atoms with E-state index in [0.29, 0.717) is 17.0 Å². The van der Waals surface area contributed by atoms with E-state index in [0.717, 1.165) is 10.0 Å². The van der Waals surface area contributed by atoms with E-state index in [2.05, 4.69) is 26.7 Å². The van der Waals surface area contributed by atoms with E-state index < -0.39 is 17.9 Å².